The summed E-state index contributed by atoms with van der Waals surface area (Å²) in [4.78, 5) is 25.7. The van der Waals surface area contributed by atoms with Crippen LogP contribution in [0, 0.1) is 0 Å². The lowest BCUT2D eigenvalue weighted by Gasteiger charge is -2.33. The first-order valence-electron chi connectivity index (χ1n) is 8.42. The quantitative estimate of drug-likeness (QED) is 0.858. The van der Waals surface area contributed by atoms with Crippen molar-refractivity contribution in [2.24, 2.45) is 0 Å². The highest BCUT2D eigenvalue weighted by Crippen LogP contribution is 2.30. The van der Waals surface area contributed by atoms with Gasteiger partial charge >= 0.3 is 12.3 Å². The number of piperidine rings is 1. The Bertz CT molecular complexity index is 660. The summed E-state index contributed by atoms with van der Waals surface area (Å²) in [6, 6.07) is 4.28. The Morgan fingerprint density at radius 3 is 2.31 bits per heavy atom. The average molecular weight is 372 g/mol. The van der Waals surface area contributed by atoms with E-state index in [2.05, 4.69) is 5.32 Å². The number of carbonyl (C=O) groups is 2. The van der Waals surface area contributed by atoms with Crippen molar-refractivity contribution in [3.8, 4) is 0 Å². The van der Waals surface area contributed by atoms with Gasteiger partial charge in [-0.25, -0.2) is 4.79 Å². The van der Waals surface area contributed by atoms with Crippen LogP contribution in [-0.4, -0.2) is 41.6 Å². The topological polar surface area (TPSA) is 58.6 Å². The summed E-state index contributed by atoms with van der Waals surface area (Å²) in [5.41, 5.74) is -1.42. The van der Waals surface area contributed by atoms with E-state index in [9.17, 15) is 22.8 Å². The fourth-order valence-electron chi connectivity index (χ4n) is 2.71. The van der Waals surface area contributed by atoms with E-state index in [1.165, 1.54) is 17.0 Å². The molecule has 1 saturated heterocycles. The number of ether oxygens (including phenoxy) is 1. The van der Waals surface area contributed by atoms with Crippen molar-refractivity contribution >= 4 is 12.0 Å². The zero-order valence-electron chi connectivity index (χ0n) is 15.0. The predicted octanol–water partition coefficient (Wildman–Crippen LogP) is 3.83. The highest BCUT2D eigenvalue weighted by Gasteiger charge is 2.32. The van der Waals surface area contributed by atoms with E-state index in [-0.39, 0.29) is 11.6 Å². The number of alkyl carbamates (subject to hydrolysis) is 1. The minimum absolute atomic E-state index is 0.0124. The molecule has 2 rings (SSSR count). The first-order valence-corrected chi connectivity index (χ1v) is 8.42. The molecule has 1 aliphatic heterocycles. The Hall–Kier alpha value is -2.25. The van der Waals surface area contributed by atoms with Crippen LogP contribution in [0.5, 0.6) is 0 Å². The molecule has 0 radical (unpaired) electrons. The van der Waals surface area contributed by atoms with E-state index in [1.807, 2.05) is 0 Å². The summed E-state index contributed by atoms with van der Waals surface area (Å²) in [6.45, 7) is 6.01. The molecule has 8 heteroatoms. The normalized spacial score (nSPS) is 16.3. The van der Waals surface area contributed by atoms with E-state index in [4.69, 9.17) is 4.74 Å². The average Bonchev–Trinajstić information content (AvgIpc) is 2.52. The van der Waals surface area contributed by atoms with E-state index in [1.54, 1.807) is 20.8 Å². The molecule has 5 nitrogen and oxygen atoms in total. The maximum absolute atomic E-state index is 12.8. The van der Waals surface area contributed by atoms with Gasteiger partial charge in [-0.05, 0) is 51.8 Å². The number of nitrogens with one attached hydrogen (secondary N) is 1. The molecular formula is C18H23F3N2O3. The van der Waals surface area contributed by atoms with Crippen molar-refractivity contribution in [1.82, 2.24) is 10.2 Å². The van der Waals surface area contributed by atoms with Gasteiger partial charge in [0.1, 0.15) is 5.60 Å². The molecule has 0 saturated carbocycles. The molecule has 1 aliphatic rings. The second kappa shape index (κ2) is 7.55. The Morgan fingerprint density at radius 2 is 1.77 bits per heavy atom. The Balaban J connectivity index is 1.92. The van der Waals surface area contributed by atoms with Crippen LogP contribution in [0.15, 0.2) is 24.3 Å². The number of likely N-dealkylation sites (tertiary alicyclic amines) is 1. The molecule has 1 fully saturated rings. The fraction of sp³-hybridized carbons (Fsp3) is 0.556. The van der Waals surface area contributed by atoms with E-state index in [0.29, 0.717) is 25.9 Å². The Labute approximate surface area is 150 Å². The third-order valence-corrected chi connectivity index (χ3v) is 3.94. The summed E-state index contributed by atoms with van der Waals surface area (Å²) in [5.74, 6) is -0.438. The molecule has 1 aromatic carbocycles. The van der Waals surface area contributed by atoms with Gasteiger partial charge in [-0.1, -0.05) is 6.07 Å². The third-order valence-electron chi connectivity index (χ3n) is 3.94. The number of alkyl halides is 3. The van der Waals surface area contributed by atoms with Gasteiger partial charge in [-0.2, -0.15) is 13.2 Å². The maximum Gasteiger partial charge on any atom is 0.416 e. The Morgan fingerprint density at radius 1 is 1.15 bits per heavy atom. The van der Waals surface area contributed by atoms with Gasteiger partial charge in [0.05, 0.1) is 5.56 Å². The van der Waals surface area contributed by atoms with Crippen LogP contribution in [0.4, 0.5) is 18.0 Å². The predicted molar refractivity (Wildman–Crippen MR) is 89.7 cm³/mol. The summed E-state index contributed by atoms with van der Waals surface area (Å²) in [7, 11) is 0. The van der Waals surface area contributed by atoms with Crippen LogP contribution in [0.1, 0.15) is 49.5 Å². The van der Waals surface area contributed by atoms with Crippen molar-refractivity contribution in [2.75, 3.05) is 13.1 Å². The van der Waals surface area contributed by atoms with Gasteiger partial charge in [0, 0.05) is 24.7 Å². The number of amides is 2. The second-order valence-corrected chi connectivity index (χ2v) is 7.29. The van der Waals surface area contributed by atoms with Gasteiger partial charge in [0.15, 0.2) is 0 Å². The number of hydrogen-bond donors (Lipinski definition) is 1. The molecule has 26 heavy (non-hydrogen) atoms. The number of nitrogens with zero attached hydrogens (tertiary/aromatic N) is 1. The maximum atomic E-state index is 12.8. The number of halogens is 3. The van der Waals surface area contributed by atoms with Gasteiger partial charge in [0.25, 0.3) is 5.91 Å². The Kier molecular flexibility index (Phi) is 5.83. The molecule has 0 spiro atoms. The summed E-state index contributed by atoms with van der Waals surface area (Å²) < 4.78 is 43.6. The largest absolute Gasteiger partial charge is 0.444 e. The van der Waals surface area contributed by atoms with Gasteiger partial charge in [-0.15, -0.1) is 0 Å². The minimum Gasteiger partial charge on any atom is -0.444 e. The van der Waals surface area contributed by atoms with Crippen molar-refractivity contribution < 1.29 is 27.5 Å². The van der Waals surface area contributed by atoms with Crippen molar-refractivity contribution in [3.63, 3.8) is 0 Å². The standard InChI is InChI=1S/C18H23F3N2O3/c1-17(2,3)26-16(25)22-14-7-9-23(10-8-14)15(24)12-5-4-6-13(11-12)18(19,20)21/h4-6,11,14H,7-10H2,1-3H3,(H,22,25). The zero-order valence-corrected chi connectivity index (χ0v) is 15.0. The summed E-state index contributed by atoms with van der Waals surface area (Å²) >= 11 is 0. The number of rotatable bonds is 2. The smallest absolute Gasteiger partial charge is 0.416 e. The molecule has 1 N–H and O–H groups in total. The van der Waals surface area contributed by atoms with Crippen LogP contribution >= 0.6 is 0 Å². The first-order chi connectivity index (χ1) is 12.0. The molecule has 0 atom stereocenters. The molecular weight excluding hydrogens is 349 g/mol. The third kappa shape index (κ3) is 5.64. The van der Waals surface area contributed by atoms with Crippen LogP contribution in [0.2, 0.25) is 0 Å². The number of benzene rings is 1. The first kappa shape index (κ1) is 20.1. The van der Waals surface area contributed by atoms with E-state index >= 15 is 0 Å². The fourth-order valence-corrected chi connectivity index (χ4v) is 2.71. The second-order valence-electron chi connectivity index (χ2n) is 7.29. The van der Waals surface area contributed by atoms with Crippen LogP contribution < -0.4 is 5.32 Å². The highest BCUT2D eigenvalue weighted by atomic mass is 19.4. The molecule has 0 aromatic heterocycles. The van der Waals surface area contributed by atoms with E-state index in [0.717, 1.165) is 12.1 Å². The van der Waals surface area contributed by atoms with Crippen molar-refractivity contribution in [2.45, 2.75) is 51.4 Å². The minimum atomic E-state index is -4.49. The van der Waals surface area contributed by atoms with Crippen LogP contribution in [-0.2, 0) is 10.9 Å². The molecule has 144 valence electrons. The lowest BCUT2D eigenvalue weighted by molar-refractivity contribution is -0.137. The summed E-state index contributed by atoms with van der Waals surface area (Å²) in [5, 5.41) is 2.76. The molecule has 2 amide bonds. The van der Waals surface area contributed by atoms with Crippen molar-refractivity contribution in [1.29, 1.82) is 0 Å². The lowest BCUT2D eigenvalue weighted by atomic mass is 10.0. The highest BCUT2D eigenvalue weighted by molar-refractivity contribution is 5.94. The van der Waals surface area contributed by atoms with Crippen LogP contribution in [0.3, 0.4) is 0 Å². The molecule has 0 aliphatic carbocycles. The number of carbonyl (C=O) groups excluding carboxylic acids is 2. The molecule has 0 unspecified atom stereocenters. The number of hydrogen-bond acceptors (Lipinski definition) is 3. The SMILES string of the molecule is CC(C)(C)OC(=O)NC1CCN(C(=O)c2cccc(C(F)(F)F)c2)CC1. The van der Waals surface area contributed by atoms with E-state index < -0.39 is 29.3 Å². The lowest BCUT2D eigenvalue weighted by Crippen LogP contribution is -2.47. The molecule has 1 aromatic rings. The summed E-state index contributed by atoms with van der Waals surface area (Å²) in [6.07, 6.45) is -3.96. The van der Waals surface area contributed by atoms with Gasteiger partial charge in [-0.3, -0.25) is 4.79 Å². The van der Waals surface area contributed by atoms with Crippen LogP contribution in [0.25, 0.3) is 0 Å². The van der Waals surface area contributed by atoms with Crippen molar-refractivity contribution in [3.05, 3.63) is 35.4 Å². The zero-order chi connectivity index (χ0) is 19.5. The molecule has 0 bridgehead atoms. The monoisotopic (exact) mass is 372 g/mol. The molecule has 1 heterocycles. The van der Waals surface area contributed by atoms with Gasteiger partial charge < -0.3 is 15.0 Å². The van der Waals surface area contributed by atoms with Gasteiger partial charge in [0.2, 0.25) is 0 Å².